The Kier molecular flexibility index (Phi) is 10.7. The van der Waals surface area contributed by atoms with E-state index in [9.17, 15) is 9.59 Å². The maximum atomic E-state index is 12.4. The van der Waals surface area contributed by atoms with E-state index >= 15 is 0 Å². The number of aromatic nitrogens is 2. The molecule has 1 aromatic heterocycles. The number of hydrogen-bond acceptors (Lipinski definition) is 3. The molecule has 204 valence electrons. The summed E-state index contributed by atoms with van der Waals surface area (Å²) in [6.45, 7) is 11.1. The van der Waals surface area contributed by atoms with Gasteiger partial charge in [-0.05, 0) is 73.1 Å². The van der Waals surface area contributed by atoms with E-state index in [0.29, 0.717) is 11.8 Å². The van der Waals surface area contributed by atoms with Crippen LogP contribution in [0.15, 0.2) is 54.6 Å². The minimum absolute atomic E-state index is 0.118. The first-order chi connectivity index (χ1) is 18.2. The predicted molar refractivity (Wildman–Crippen MR) is 159 cm³/mol. The van der Waals surface area contributed by atoms with Crippen LogP contribution in [0.1, 0.15) is 79.6 Å². The van der Waals surface area contributed by atoms with E-state index in [4.69, 9.17) is 0 Å². The third-order valence-corrected chi connectivity index (χ3v) is 6.83. The number of allylic oxidation sites excluding steroid dienone is 2. The summed E-state index contributed by atoms with van der Waals surface area (Å²) >= 11 is 0. The van der Waals surface area contributed by atoms with E-state index in [1.165, 1.54) is 19.3 Å². The summed E-state index contributed by atoms with van der Waals surface area (Å²) < 4.78 is 0. The van der Waals surface area contributed by atoms with Crippen molar-refractivity contribution < 1.29 is 9.59 Å². The molecule has 6 heteroatoms. The number of rotatable bonds is 5. The zero-order chi connectivity index (χ0) is 27.5. The van der Waals surface area contributed by atoms with Gasteiger partial charge in [-0.3, -0.25) is 9.59 Å². The Hall–Kier alpha value is -3.41. The third kappa shape index (κ3) is 8.57. The largest absolute Gasteiger partial charge is 0.338 e. The van der Waals surface area contributed by atoms with Crippen LogP contribution in [0.4, 0.5) is 11.4 Å². The fourth-order valence-corrected chi connectivity index (χ4v) is 5.02. The lowest BCUT2D eigenvalue weighted by Gasteiger charge is -2.20. The molecule has 0 saturated heterocycles. The molecule has 5 rings (SSSR count). The van der Waals surface area contributed by atoms with Crippen LogP contribution in [0, 0.1) is 17.3 Å². The monoisotopic (exact) mass is 516 g/mol. The number of hydrogen-bond donors (Lipinski definition) is 3. The number of H-pyrrole nitrogens is 1. The number of amides is 2. The van der Waals surface area contributed by atoms with Gasteiger partial charge in [-0.15, -0.1) is 0 Å². The Morgan fingerprint density at radius 2 is 1.71 bits per heavy atom. The van der Waals surface area contributed by atoms with Gasteiger partial charge >= 0.3 is 0 Å². The van der Waals surface area contributed by atoms with Gasteiger partial charge in [-0.25, -0.2) is 4.98 Å². The molecule has 1 unspecified atom stereocenters. The van der Waals surface area contributed by atoms with Crippen molar-refractivity contribution in [2.75, 3.05) is 10.6 Å². The highest BCUT2D eigenvalue weighted by Gasteiger charge is 2.22. The van der Waals surface area contributed by atoms with Crippen LogP contribution >= 0.6 is 0 Å². The fraction of sp³-hybridized carbons (Fsp3) is 0.469. The van der Waals surface area contributed by atoms with E-state index in [-0.39, 0.29) is 11.8 Å². The number of benzene rings is 2. The van der Waals surface area contributed by atoms with Gasteiger partial charge in [0, 0.05) is 22.9 Å². The molecule has 6 nitrogen and oxygen atoms in total. The number of carbonyl (C=O) groups is 2. The third-order valence-electron chi connectivity index (χ3n) is 6.83. The number of carbonyl (C=O) groups excluding carboxylic acids is 2. The van der Waals surface area contributed by atoms with Crippen molar-refractivity contribution in [2.24, 2.45) is 17.3 Å². The standard InChI is InChI=1S/C21H22N4O2.C8H14.C3H8/c26-13-22-16-8-6-14(7-9-16)20-24-18-11-10-17(12-19(18)25-20)23-21(27)15-4-2-1-3-5-15;1-7-4-5-8(2,3)6-7;1-3-2/h6-13,15H,1-5H2,(H,22,26)(H,23,27)(H,24,25);4-5,7H,6H2,1-3H3;3H2,1-2H3. The zero-order valence-electron chi connectivity index (χ0n) is 23.6. The summed E-state index contributed by atoms with van der Waals surface area (Å²) in [5.41, 5.74) is 4.66. The second-order valence-corrected chi connectivity index (χ2v) is 11.2. The van der Waals surface area contributed by atoms with E-state index in [0.717, 1.165) is 65.4 Å². The maximum Gasteiger partial charge on any atom is 0.227 e. The van der Waals surface area contributed by atoms with Gasteiger partial charge in [0.15, 0.2) is 0 Å². The number of aromatic amines is 1. The van der Waals surface area contributed by atoms with Crippen LogP contribution < -0.4 is 10.6 Å². The van der Waals surface area contributed by atoms with Crippen LogP contribution in [0.3, 0.4) is 0 Å². The first kappa shape index (κ1) is 29.2. The molecule has 2 amide bonds. The van der Waals surface area contributed by atoms with Gasteiger partial charge in [-0.1, -0.05) is 72.5 Å². The molecule has 0 aliphatic heterocycles. The zero-order valence-corrected chi connectivity index (χ0v) is 23.6. The normalized spacial score (nSPS) is 18.1. The highest BCUT2D eigenvalue weighted by Crippen LogP contribution is 2.33. The average molecular weight is 517 g/mol. The molecule has 0 bridgehead atoms. The quantitative estimate of drug-likeness (QED) is 0.235. The van der Waals surface area contributed by atoms with E-state index in [1.807, 2.05) is 42.5 Å². The number of nitrogens with zero attached hydrogens (tertiary/aromatic N) is 1. The molecule has 1 saturated carbocycles. The molecule has 2 aliphatic rings. The summed E-state index contributed by atoms with van der Waals surface area (Å²) in [5.74, 6) is 1.81. The lowest BCUT2D eigenvalue weighted by atomic mass is 9.88. The number of imidazole rings is 1. The molecule has 0 radical (unpaired) electrons. The lowest BCUT2D eigenvalue weighted by Crippen LogP contribution is -2.24. The van der Waals surface area contributed by atoms with Crippen molar-refractivity contribution in [3.05, 3.63) is 54.6 Å². The summed E-state index contributed by atoms with van der Waals surface area (Å²) in [4.78, 5) is 30.9. The Bertz CT molecular complexity index is 1200. The minimum atomic E-state index is 0.118. The van der Waals surface area contributed by atoms with Crippen LogP contribution in [-0.4, -0.2) is 22.3 Å². The average Bonchev–Trinajstić information content (AvgIpc) is 3.47. The molecule has 3 N–H and O–H groups in total. The Labute approximate surface area is 227 Å². The van der Waals surface area contributed by atoms with Crippen LogP contribution in [0.25, 0.3) is 22.4 Å². The van der Waals surface area contributed by atoms with Crippen molar-refractivity contribution in [2.45, 2.75) is 79.6 Å². The summed E-state index contributed by atoms with van der Waals surface area (Å²) in [6, 6.07) is 13.2. The van der Waals surface area contributed by atoms with E-state index in [2.05, 4.69) is 67.4 Å². The highest BCUT2D eigenvalue weighted by atomic mass is 16.2. The Morgan fingerprint density at radius 3 is 2.26 bits per heavy atom. The van der Waals surface area contributed by atoms with Crippen molar-refractivity contribution in [1.29, 1.82) is 0 Å². The first-order valence-electron chi connectivity index (χ1n) is 14.0. The molecule has 1 atom stereocenters. The van der Waals surface area contributed by atoms with Gasteiger partial charge < -0.3 is 15.6 Å². The highest BCUT2D eigenvalue weighted by molar-refractivity contribution is 5.95. The second kappa shape index (κ2) is 13.9. The Balaban J connectivity index is 0.000000305. The molecule has 3 aromatic rings. The van der Waals surface area contributed by atoms with Crippen LogP contribution in [0.2, 0.25) is 0 Å². The van der Waals surface area contributed by atoms with Gasteiger partial charge in [0.25, 0.3) is 0 Å². The topological polar surface area (TPSA) is 86.9 Å². The molecular weight excluding hydrogens is 472 g/mol. The number of nitrogens with one attached hydrogen (secondary N) is 3. The fourth-order valence-electron chi connectivity index (χ4n) is 5.02. The van der Waals surface area contributed by atoms with Crippen molar-refractivity contribution in [3.8, 4) is 11.4 Å². The number of fused-ring (bicyclic) bond motifs is 1. The summed E-state index contributed by atoms with van der Waals surface area (Å²) in [5, 5.41) is 5.66. The molecule has 1 heterocycles. The smallest absolute Gasteiger partial charge is 0.227 e. The van der Waals surface area contributed by atoms with Crippen molar-refractivity contribution in [1.82, 2.24) is 9.97 Å². The van der Waals surface area contributed by atoms with Gasteiger partial charge in [0.2, 0.25) is 12.3 Å². The van der Waals surface area contributed by atoms with Crippen molar-refractivity contribution >= 4 is 34.7 Å². The molecular formula is C32H44N4O2. The molecule has 2 aromatic carbocycles. The molecule has 1 fully saturated rings. The Morgan fingerprint density at radius 1 is 1.05 bits per heavy atom. The van der Waals surface area contributed by atoms with Gasteiger partial charge in [0.05, 0.1) is 11.0 Å². The van der Waals surface area contributed by atoms with Gasteiger partial charge in [0.1, 0.15) is 5.82 Å². The second-order valence-electron chi connectivity index (χ2n) is 11.2. The lowest BCUT2D eigenvalue weighted by molar-refractivity contribution is -0.120. The van der Waals surface area contributed by atoms with Crippen LogP contribution in [-0.2, 0) is 9.59 Å². The minimum Gasteiger partial charge on any atom is -0.338 e. The molecule has 38 heavy (non-hydrogen) atoms. The summed E-state index contributed by atoms with van der Waals surface area (Å²) in [6.07, 6.45) is 13.3. The van der Waals surface area contributed by atoms with Gasteiger partial charge in [-0.2, -0.15) is 0 Å². The summed E-state index contributed by atoms with van der Waals surface area (Å²) in [7, 11) is 0. The maximum absolute atomic E-state index is 12.4. The van der Waals surface area contributed by atoms with Crippen LogP contribution in [0.5, 0.6) is 0 Å². The predicted octanol–water partition coefficient (Wildman–Crippen LogP) is 8.34. The first-order valence-corrected chi connectivity index (χ1v) is 14.0. The SMILES string of the molecule is CC1C=CC(C)(C)C1.CCC.O=CNc1ccc(-c2nc3ccc(NC(=O)C4CCCCC4)cc3[nH]2)cc1. The molecule has 2 aliphatic carbocycles. The molecule has 0 spiro atoms. The van der Waals surface area contributed by atoms with E-state index < -0.39 is 0 Å². The van der Waals surface area contributed by atoms with Crippen molar-refractivity contribution in [3.63, 3.8) is 0 Å². The number of anilines is 2. The van der Waals surface area contributed by atoms with E-state index in [1.54, 1.807) is 0 Å².